The number of halogens is 1. The number of amides is 1. The summed E-state index contributed by atoms with van der Waals surface area (Å²) in [5, 5.41) is 5.11. The van der Waals surface area contributed by atoms with Gasteiger partial charge >= 0.3 is 0 Å². The van der Waals surface area contributed by atoms with Crippen molar-refractivity contribution in [3.05, 3.63) is 33.5 Å². The fraction of sp³-hybridized carbons (Fsp3) is 0.200. The molecule has 1 atom stereocenters. The highest BCUT2D eigenvalue weighted by Gasteiger charge is 2.13. The van der Waals surface area contributed by atoms with Gasteiger partial charge in [-0.05, 0) is 13.0 Å². The molecule has 0 spiro atoms. The average Bonchev–Trinajstić information content (AvgIpc) is 2.78. The number of aromatic nitrogens is 3. The zero-order valence-corrected chi connectivity index (χ0v) is 11.0. The van der Waals surface area contributed by atoms with Gasteiger partial charge in [0.25, 0.3) is 5.91 Å². The maximum absolute atomic E-state index is 11.8. The SMILES string of the molecule is CC(N)c1nc(C(=O)Nc2nccc(Cl)n2)cs1. The Morgan fingerprint density at radius 2 is 2.33 bits per heavy atom. The number of carbonyl (C=O) groups is 1. The van der Waals surface area contributed by atoms with E-state index in [-0.39, 0.29) is 28.7 Å². The molecular formula is C10H10ClN5OS. The lowest BCUT2D eigenvalue weighted by Gasteiger charge is -2.01. The van der Waals surface area contributed by atoms with E-state index in [0.717, 1.165) is 0 Å². The monoisotopic (exact) mass is 283 g/mol. The summed E-state index contributed by atoms with van der Waals surface area (Å²) in [6, 6.07) is 1.33. The van der Waals surface area contributed by atoms with Gasteiger partial charge in [0.2, 0.25) is 5.95 Å². The van der Waals surface area contributed by atoms with Crippen LogP contribution in [0.15, 0.2) is 17.6 Å². The molecule has 0 aliphatic rings. The number of nitrogens with two attached hydrogens (primary N) is 1. The zero-order chi connectivity index (χ0) is 13.1. The van der Waals surface area contributed by atoms with Crippen molar-refractivity contribution in [1.82, 2.24) is 15.0 Å². The van der Waals surface area contributed by atoms with E-state index in [2.05, 4.69) is 20.3 Å². The molecule has 1 unspecified atom stereocenters. The van der Waals surface area contributed by atoms with Gasteiger partial charge in [-0.15, -0.1) is 11.3 Å². The Morgan fingerprint density at radius 1 is 1.56 bits per heavy atom. The Labute approximate surface area is 112 Å². The predicted octanol–water partition coefficient (Wildman–Crippen LogP) is 1.86. The molecule has 0 saturated carbocycles. The number of thiazole rings is 1. The van der Waals surface area contributed by atoms with Crippen molar-refractivity contribution in [3.63, 3.8) is 0 Å². The molecule has 2 heterocycles. The molecule has 3 N–H and O–H groups in total. The molecule has 0 aliphatic carbocycles. The maximum Gasteiger partial charge on any atom is 0.277 e. The van der Waals surface area contributed by atoms with E-state index in [9.17, 15) is 4.79 Å². The van der Waals surface area contributed by atoms with Crippen LogP contribution in [0.1, 0.15) is 28.5 Å². The van der Waals surface area contributed by atoms with Crippen molar-refractivity contribution in [2.75, 3.05) is 5.32 Å². The number of rotatable bonds is 3. The third kappa shape index (κ3) is 3.00. The topological polar surface area (TPSA) is 93.8 Å². The summed E-state index contributed by atoms with van der Waals surface area (Å²) >= 11 is 7.02. The van der Waals surface area contributed by atoms with E-state index in [0.29, 0.717) is 5.01 Å². The Morgan fingerprint density at radius 3 is 2.94 bits per heavy atom. The quantitative estimate of drug-likeness (QED) is 0.839. The third-order valence-corrected chi connectivity index (χ3v) is 3.25. The van der Waals surface area contributed by atoms with Crippen molar-refractivity contribution >= 4 is 34.8 Å². The van der Waals surface area contributed by atoms with Crippen LogP contribution in [0.5, 0.6) is 0 Å². The van der Waals surface area contributed by atoms with Crippen molar-refractivity contribution in [2.24, 2.45) is 5.73 Å². The summed E-state index contributed by atoms with van der Waals surface area (Å²) in [5.74, 6) is -0.247. The first kappa shape index (κ1) is 12.9. The molecule has 94 valence electrons. The molecule has 2 rings (SSSR count). The van der Waals surface area contributed by atoms with Crippen LogP contribution < -0.4 is 11.1 Å². The minimum absolute atomic E-state index is 0.142. The van der Waals surface area contributed by atoms with Crippen LogP contribution in [-0.2, 0) is 0 Å². The second-order valence-electron chi connectivity index (χ2n) is 3.52. The van der Waals surface area contributed by atoms with Gasteiger partial charge in [0, 0.05) is 11.6 Å². The van der Waals surface area contributed by atoms with Crippen molar-refractivity contribution in [3.8, 4) is 0 Å². The average molecular weight is 284 g/mol. The van der Waals surface area contributed by atoms with Crippen molar-refractivity contribution in [2.45, 2.75) is 13.0 Å². The Kier molecular flexibility index (Phi) is 3.85. The lowest BCUT2D eigenvalue weighted by Crippen LogP contribution is -2.15. The number of nitrogens with zero attached hydrogens (tertiary/aromatic N) is 3. The molecule has 2 aromatic heterocycles. The van der Waals surface area contributed by atoms with Gasteiger partial charge in [0.1, 0.15) is 15.9 Å². The molecule has 18 heavy (non-hydrogen) atoms. The number of carbonyl (C=O) groups excluding carboxylic acids is 1. The summed E-state index contributed by atoms with van der Waals surface area (Å²) < 4.78 is 0. The molecule has 0 fully saturated rings. The van der Waals surface area contributed by atoms with E-state index in [1.807, 2.05) is 0 Å². The molecule has 0 aliphatic heterocycles. The number of hydrogen-bond acceptors (Lipinski definition) is 6. The minimum Gasteiger partial charge on any atom is -0.322 e. The van der Waals surface area contributed by atoms with Crippen molar-refractivity contribution < 1.29 is 4.79 Å². The van der Waals surface area contributed by atoms with Crippen LogP contribution in [-0.4, -0.2) is 20.9 Å². The lowest BCUT2D eigenvalue weighted by atomic mass is 10.4. The molecule has 0 bridgehead atoms. The van der Waals surface area contributed by atoms with Gasteiger partial charge in [0.05, 0.1) is 6.04 Å². The van der Waals surface area contributed by atoms with E-state index >= 15 is 0 Å². The fourth-order valence-corrected chi connectivity index (χ4v) is 2.06. The van der Waals surface area contributed by atoms with E-state index in [1.54, 1.807) is 12.3 Å². The Hall–Kier alpha value is -1.57. The van der Waals surface area contributed by atoms with Crippen LogP contribution >= 0.6 is 22.9 Å². The largest absolute Gasteiger partial charge is 0.322 e. The van der Waals surface area contributed by atoms with Gasteiger partial charge < -0.3 is 5.73 Å². The zero-order valence-electron chi connectivity index (χ0n) is 9.42. The van der Waals surface area contributed by atoms with E-state index < -0.39 is 0 Å². The van der Waals surface area contributed by atoms with E-state index in [1.165, 1.54) is 23.6 Å². The third-order valence-electron chi connectivity index (χ3n) is 1.99. The maximum atomic E-state index is 11.8. The Bertz CT molecular complexity index is 571. The molecule has 6 nitrogen and oxygen atoms in total. The number of nitrogens with one attached hydrogen (secondary N) is 1. The van der Waals surface area contributed by atoms with Gasteiger partial charge in [0.15, 0.2) is 0 Å². The molecule has 1 amide bonds. The normalized spacial score (nSPS) is 12.2. The summed E-state index contributed by atoms with van der Waals surface area (Å²) in [7, 11) is 0. The predicted molar refractivity (Wildman–Crippen MR) is 69.7 cm³/mol. The van der Waals surface area contributed by atoms with Crippen LogP contribution in [0.2, 0.25) is 5.15 Å². The first-order chi connectivity index (χ1) is 8.56. The summed E-state index contributed by atoms with van der Waals surface area (Å²) in [6.45, 7) is 1.81. The van der Waals surface area contributed by atoms with Gasteiger partial charge in [-0.1, -0.05) is 11.6 Å². The highest BCUT2D eigenvalue weighted by molar-refractivity contribution is 7.09. The minimum atomic E-state index is -0.389. The second-order valence-corrected chi connectivity index (χ2v) is 4.79. The molecule has 0 saturated heterocycles. The second kappa shape index (κ2) is 5.38. The van der Waals surface area contributed by atoms with Crippen LogP contribution in [0, 0.1) is 0 Å². The van der Waals surface area contributed by atoms with Crippen molar-refractivity contribution in [1.29, 1.82) is 0 Å². The number of hydrogen-bond donors (Lipinski definition) is 2. The molecule has 2 aromatic rings. The Balaban J connectivity index is 2.12. The van der Waals surface area contributed by atoms with Gasteiger partial charge in [-0.2, -0.15) is 0 Å². The lowest BCUT2D eigenvalue weighted by molar-refractivity contribution is 0.102. The van der Waals surface area contributed by atoms with Crippen LogP contribution in [0.4, 0.5) is 5.95 Å². The summed E-state index contributed by atoms with van der Waals surface area (Å²) in [6.07, 6.45) is 1.46. The summed E-state index contributed by atoms with van der Waals surface area (Å²) in [5.41, 5.74) is 5.96. The summed E-state index contributed by atoms with van der Waals surface area (Å²) in [4.78, 5) is 23.7. The molecular weight excluding hydrogens is 274 g/mol. The first-order valence-electron chi connectivity index (χ1n) is 5.07. The first-order valence-corrected chi connectivity index (χ1v) is 6.33. The van der Waals surface area contributed by atoms with Gasteiger partial charge in [-0.25, -0.2) is 15.0 Å². The van der Waals surface area contributed by atoms with E-state index in [4.69, 9.17) is 17.3 Å². The van der Waals surface area contributed by atoms with Crippen LogP contribution in [0.3, 0.4) is 0 Å². The van der Waals surface area contributed by atoms with Crippen LogP contribution in [0.25, 0.3) is 0 Å². The molecule has 0 radical (unpaired) electrons. The highest BCUT2D eigenvalue weighted by Crippen LogP contribution is 2.16. The van der Waals surface area contributed by atoms with Gasteiger partial charge in [-0.3, -0.25) is 10.1 Å². The number of anilines is 1. The molecule has 8 heteroatoms. The highest BCUT2D eigenvalue weighted by atomic mass is 35.5. The smallest absolute Gasteiger partial charge is 0.277 e. The fourth-order valence-electron chi connectivity index (χ4n) is 1.16. The molecule has 0 aromatic carbocycles. The standard InChI is InChI=1S/C10H10ClN5OS/c1-5(12)9-14-6(4-18-9)8(17)16-10-13-3-2-7(11)15-10/h2-5H,12H2,1H3,(H,13,15,16,17).